The number of amides is 2. The Bertz CT molecular complexity index is 1280. The topological polar surface area (TPSA) is 100 Å². The van der Waals surface area contributed by atoms with Crippen LogP contribution in [0.2, 0.25) is 5.02 Å². The lowest BCUT2D eigenvalue weighted by molar-refractivity contribution is -0.143. The van der Waals surface area contributed by atoms with E-state index in [-0.39, 0.29) is 11.8 Å². The standard InChI is InChI=1S/C24H21ClN4O3/c25-20-12-16(15-2-4-21-19(11-15)17(13-26)14-27-21)1-3-18(20)22(30)28-7-9-29(10-8-28)23(31)24(32)5-6-24/h1-4,11-12,14,27,32H,5-10H2. The van der Waals surface area contributed by atoms with E-state index < -0.39 is 5.60 Å². The van der Waals surface area contributed by atoms with Crippen LogP contribution in [0.5, 0.6) is 0 Å². The third kappa shape index (κ3) is 3.52. The summed E-state index contributed by atoms with van der Waals surface area (Å²) in [6.07, 6.45) is 2.71. The van der Waals surface area contributed by atoms with Crippen molar-refractivity contribution in [2.24, 2.45) is 0 Å². The number of hydrogen-bond acceptors (Lipinski definition) is 4. The Kier molecular flexibility index (Phi) is 4.92. The Morgan fingerprint density at radius 3 is 2.34 bits per heavy atom. The van der Waals surface area contributed by atoms with Gasteiger partial charge in [0.05, 0.1) is 16.1 Å². The Balaban J connectivity index is 1.32. The number of aromatic amines is 1. The number of rotatable bonds is 3. The summed E-state index contributed by atoms with van der Waals surface area (Å²) in [6, 6.07) is 13.3. The fourth-order valence-electron chi connectivity index (χ4n) is 4.17. The van der Waals surface area contributed by atoms with Crippen molar-refractivity contribution in [2.75, 3.05) is 26.2 Å². The van der Waals surface area contributed by atoms with E-state index in [1.807, 2.05) is 24.3 Å². The number of carbonyl (C=O) groups is 2. The first-order valence-electron chi connectivity index (χ1n) is 10.5. The molecule has 3 aromatic rings. The van der Waals surface area contributed by atoms with Crippen molar-refractivity contribution in [1.82, 2.24) is 14.8 Å². The Morgan fingerprint density at radius 2 is 1.69 bits per heavy atom. The number of hydrogen-bond donors (Lipinski definition) is 2. The van der Waals surface area contributed by atoms with E-state index in [9.17, 15) is 20.0 Å². The first-order chi connectivity index (χ1) is 15.4. The molecule has 1 aliphatic carbocycles. The van der Waals surface area contributed by atoms with Crippen LogP contribution in [0.4, 0.5) is 0 Å². The van der Waals surface area contributed by atoms with Crippen molar-refractivity contribution < 1.29 is 14.7 Å². The van der Waals surface area contributed by atoms with Gasteiger partial charge in [0.2, 0.25) is 0 Å². The maximum atomic E-state index is 13.0. The van der Waals surface area contributed by atoms with Crippen LogP contribution in [0, 0.1) is 11.3 Å². The molecule has 1 aromatic heterocycles. The average Bonchev–Trinajstić information content (AvgIpc) is 3.44. The van der Waals surface area contributed by atoms with E-state index in [1.54, 1.807) is 28.1 Å². The van der Waals surface area contributed by atoms with Crippen LogP contribution in [0.25, 0.3) is 22.0 Å². The minimum Gasteiger partial charge on any atom is -0.380 e. The van der Waals surface area contributed by atoms with Crippen LogP contribution in [0.3, 0.4) is 0 Å². The largest absolute Gasteiger partial charge is 0.380 e. The lowest BCUT2D eigenvalue weighted by Gasteiger charge is -2.36. The van der Waals surface area contributed by atoms with Gasteiger partial charge in [-0.25, -0.2) is 0 Å². The van der Waals surface area contributed by atoms with Gasteiger partial charge < -0.3 is 19.9 Å². The van der Waals surface area contributed by atoms with Gasteiger partial charge in [-0.1, -0.05) is 23.7 Å². The highest BCUT2D eigenvalue weighted by atomic mass is 35.5. The molecule has 162 valence electrons. The molecule has 0 spiro atoms. The summed E-state index contributed by atoms with van der Waals surface area (Å²) in [6.45, 7) is 1.61. The number of halogens is 1. The van der Waals surface area contributed by atoms with Crippen LogP contribution in [-0.2, 0) is 4.79 Å². The SMILES string of the molecule is N#Cc1c[nH]c2ccc(-c3ccc(C(=O)N4CCN(C(=O)C5(O)CC5)CC4)c(Cl)c3)cc12. The molecule has 8 heteroatoms. The van der Waals surface area contributed by atoms with Gasteiger partial charge in [-0.2, -0.15) is 5.26 Å². The number of fused-ring (bicyclic) bond motifs is 1. The number of benzene rings is 2. The predicted octanol–water partition coefficient (Wildman–Crippen LogP) is 3.17. The quantitative estimate of drug-likeness (QED) is 0.642. The zero-order valence-corrected chi connectivity index (χ0v) is 18.0. The third-order valence-electron chi connectivity index (χ3n) is 6.31. The predicted molar refractivity (Wildman–Crippen MR) is 120 cm³/mol. The summed E-state index contributed by atoms with van der Waals surface area (Å²) < 4.78 is 0. The molecule has 1 aliphatic heterocycles. The van der Waals surface area contributed by atoms with E-state index in [4.69, 9.17) is 11.6 Å². The molecule has 2 amide bonds. The summed E-state index contributed by atoms with van der Waals surface area (Å²) in [5, 5.41) is 20.5. The summed E-state index contributed by atoms with van der Waals surface area (Å²) >= 11 is 6.49. The van der Waals surface area contributed by atoms with Gasteiger partial charge in [0.25, 0.3) is 11.8 Å². The van der Waals surface area contributed by atoms with E-state index >= 15 is 0 Å². The fourth-order valence-corrected chi connectivity index (χ4v) is 4.43. The molecular weight excluding hydrogens is 428 g/mol. The molecular formula is C24H21ClN4O3. The Hall–Kier alpha value is -3.34. The van der Waals surface area contributed by atoms with Crippen molar-refractivity contribution >= 4 is 34.3 Å². The number of nitrogens with zero attached hydrogens (tertiary/aromatic N) is 3. The number of aromatic nitrogens is 1. The molecule has 0 radical (unpaired) electrons. The van der Waals surface area contributed by atoms with Gasteiger partial charge in [-0.15, -0.1) is 0 Å². The number of nitrogens with one attached hydrogen (secondary N) is 1. The van der Waals surface area contributed by atoms with Crippen LogP contribution in [0.15, 0.2) is 42.6 Å². The monoisotopic (exact) mass is 448 g/mol. The average molecular weight is 449 g/mol. The van der Waals surface area contributed by atoms with Crippen LogP contribution >= 0.6 is 11.6 Å². The zero-order valence-electron chi connectivity index (χ0n) is 17.3. The lowest BCUT2D eigenvalue weighted by atomic mass is 10.0. The smallest absolute Gasteiger partial charge is 0.255 e. The minimum absolute atomic E-state index is 0.174. The Labute approximate surface area is 189 Å². The highest BCUT2D eigenvalue weighted by molar-refractivity contribution is 6.34. The van der Waals surface area contributed by atoms with Crippen LogP contribution in [0.1, 0.15) is 28.8 Å². The highest BCUT2D eigenvalue weighted by Gasteiger charge is 2.50. The van der Waals surface area contributed by atoms with E-state index in [0.29, 0.717) is 55.2 Å². The highest BCUT2D eigenvalue weighted by Crippen LogP contribution is 2.37. The van der Waals surface area contributed by atoms with Gasteiger partial charge in [-0.05, 0) is 48.2 Å². The third-order valence-corrected chi connectivity index (χ3v) is 6.62. The van der Waals surface area contributed by atoms with Gasteiger partial charge >= 0.3 is 0 Å². The van der Waals surface area contributed by atoms with Gasteiger partial charge in [0, 0.05) is 43.3 Å². The molecule has 2 aromatic carbocycles. The van der Waals surface area contributed by atoms with Crippen LogP contribution < -0.4 is 0 Å². The molecule has 2 fully saturated rings. The molecule has 32 heavy (non-hydrogen) atoms. The van der Waals surface area contributed by atoms with Gasteiger partial charge in [0.1, 0.15) is 11.7 Å². The number of piperazine rings is 1. The van der Waals surface area contributed by atoms with Crippen molar-refractivity contribution in [3.63, 3.8) is 0 Å². The van der Waals surface area contributed by atoms with Gasteiger partial charge in [-0.3, -0.25) is 9.59 Å². The second-order valence-corrected chi connectivity index (χ2v) is 8.79. The van der Waals surface area contributed by atoms with Crippen molar-refractivity contribution in [1.29, 1.82) is 5.26 Å². The molecule has 1 saturated heterocycles. The number of H-pyrrole nitrogens is 1. The molecule has 7 nitrogen and oxygen atoms in total. The van der Waals surface area contributed by atoms with Crippen molar-refractivity contribution in [3.05, 3.63) is 58.7 Å². The van der Waals surface area contributed by atoms with E-state index in [2.05, 4.69) is 11.1 Å². The zero-order chi connectivity index (χ0) is 22.5. The van der Waals surface area contributed by atoms with Crippen molar-refractivity contribution in [2.45, 2.75) is 18.4 Å². The molecule has 0 unspecified atom stereocenters. The molecule has 0 bridgehead atoms. The van der Waals surface area contributed by atoms with Gasteiger partial charge in [0.15, 0.2) is 0 Å². The summed E-state index contributed by atoms with van der Waals surface area (Å²) in [7, 11) is 0. The minimum atomic E-state index is -1.18. The number of nitriles is 1. The summed E-state index contributed by atoms with van der Waals surface area (Å²) in [5.74, 6) is -0.405. The second-order valence-electron chi connectivity index (χ2n) is 8.39. The van der Waals surface area contributed by atoms with Crippen molar-refractivity contribution in [3.8, 4) is 17.2 Å². The first-order valence-corrected chi connectivity index (χ1v) is 10.9. The van der Waals surface area contributed by atoms with E-state index in [0.717, 1.165) is 22.0 Å². The first kappa shape index (κ1) is 20.6. The van der Waals surface area contributed by atoms with E-state index in [1.165, 1.54) is 0 Å². The molecule has 2 heterocycles. The molecule has 2 aliphatic rings. The lowest BCUT2D eigenvalue weighted by Crippen LogP contribution is -2.53. The molecule has 0 atom stereocenters. The maximum Gasteiger partial charge on any atom is 0.255 e. The second kappa shape index (κ2) is 7.66. The summed E-state index contributed by atoms with van der Waals surface area (Å²) in [4.78, 5) is 31.7. The Morgan fingerprint density at radius 1 is 1.03 bits per heavy atom. The normalized spacial score (nSPS) is 17.3. The summed E-state index contributed by atoms with van der Waals surface area (Å²) in [5.41, 5.74) is 2.45. The number of aliphatic hydroxyl groups is 1. The van der Waals surface area contributed by atoms with Crippen LogP contribution in [-0.4, -0.2) is 63.5 Å². The number of carbonyl (C=O) groups excluding carboxylic acids is 2. The fraction of sp³-hybridized carbons (Fsp3) is 0.292. The molecule has 5 rings (SSSR count). The maximum absolute atomic E-state index is 13.0. The molecule has 2 N–H and O–H groups in total. The molecule has 1 saturated carbocycles.